The Morgan fingerprint density at radius 1 is 1.33 bits per heavy atom. The van der Waals surface area contributed by atoms with E-state index in [4.69, 9.17) is 10.6 Å². The van der Waals surface area contributed by atoms with E-state index in [0.717, 1.165) is 13.0 Å². The predicted molar refractivity (Wildman–Crippen MR) is 51.6 cm³/mol. The third-order valence-electron chi connectivity index (χ3n) is 2.13. The zero-order valence-corrected chi connectivity index (χ0v) is 8.63. The third-order valence-corrected chi connectivity index (χ3v) is 2.13. The maximum atomic E-state index is 5.43. The van der Waals surface area contributed by atoms with E-state index < -0.39 is 0 Å². The van der Waals surface area contributed by atoms with E-state index in [9.17, 15) is 0 Å². The first-order chi connectivity index (χ1) is 5.61. The van der Waals surface area contributed by atoms with E-state index in [-0.39, 0.29) is 0 Å². The highest BCUT2D eigenvalue weighted by Crippen LogP contribution is 2.12. The summed E-state index contributed by atoms with van der Waals surface area (Å²) in [6, 6.07) is 0.398. The van der Waals surface area contributed by atoms with Crippen molar-refractivity contribution >= 4 is 0 Å². The summed E-state index contributed by atoms with van der Waals surface area (Å²) in [6.07, 6.45) is 1.07. The number of hydrogen-bond acceptors (Lipinski definition) is 3. The van der Waals surface area contributed by atoms with Gasteiger partial charge >= 0.3 is 0 Å². The Kier molecular flexibility index (Phi) is 6.34. The maximum Gasteiger partial charge on any atom is 0.0488 e. The molecule has 74 valence electrons. The van der Waals surface area contributed by atoms with E-state index in [1.807, 2.05) is 0 Å². The molecular formula is C9H22N2O. The van der Waals surface area contributed by atoms with Gasteiger partial charge in [0.25, 0.3) is 0 Å². The molecule has 0 aromatic carbocycles. The average molecular weight is 174 g/mol. The molecule has 0 aliphatic rings. The van der Waals surface area contributed by atoms with E-state index in [2.05, 4.69) is 26.2 Å². The van der Waals surface area contributed by atoms with Crippen LogP contribution in [0.3, 0.4) is 0 Å². The smallest absolute Gasteiger partial charge is 0.0488 e. The quantitative estimate of drug-likeness (QED) is 0.469. The molecule has 2 unspecified atom stereocenters. The topological polar surface area (TPSA) is 47.3 Å². The van der Waals surface area contributed by atoms with Gasteiger partial charge in [0.1, 0.15) is 0 Å². The van der Waals surface area contributed by atoms with Crippen molar-refractivity contribution in [2.75, 3.05) is 13.7 Å². The van der Waals surface area contributed by atoms with Crippen LogP contribution in [0.5, 0.6) is 0 Å². The lowest BCUT2D eigenvalue weighted by molar-refractivity contribution is 0.144. The van der Waals surface area contributed by atoms with Gasteiger partial charge in [0.05, 0.1) is 0 Å². The van der Waals surface area contributed by atoms with Crippen molar-refractivity contribution in [1.82, 2.24) is 5.43 Å². The highest BCUT2D eigenvalue weighted by molar-refractivity contribution is 4.70. The summed E-state index contributed by atoms with van der Waals surface area (Å²) < 4.78 is 5.06. The molecule has 0 saturated carbocycles. The van der Waals surface area contributed by atoms with Crippen molar-refractivity contribution < 1.29 is 4.74 Å². The van der Waals surface area contributed by atoms with Crippen LogP contribution < -0.4 is 11.3 Å². The Balaban J connectivity index is 3.69. The molecule has 0 saturated heterocycles. The summed E-state index contributed by atoms with van der Waals surface area (Å²) in [7, 11) is 1.73. The van der Waals surface area contributed by atoms with E-state index in [0.29, 0.717) is 17.9 Å². The molecule has 0 amide bonds. The summed E-state index contributed by atoms with van der Waals surface area (Å²) in [5, 5.41) is 0. The van der Waals surface area contributed by atoms with Gasteiger partial charge in [0.15, 0.2) is 0 Å². The fourth-order valence-corrected chi connectivity index (χ4v) is 1.32. The Morgan fingerprint density at radius 3 is 2.25 bits per heavy atom. The van der Waals surface area contributed by atoms with Crippen LogP contribution in [0.1, 0.15) is 27.2 Å². The molecule has 0 radical (unpaired) electrons. The molecule has 3 nitrogen and oxygen atoms in total. The summed E-state index contributed by atoms with van der Waals surface area (Å²) in [5.41, 5.74) is 2.84. The molecule has 0 heterocycles. The normalized spacial score (nSPS) is 16.5. The Morgan fingerprint density at radius 2 is 1.92 bits per heavy atom. The maximum absolute atomic E-state index is 5.43. The molecule has 0 spiro atoms. The minimum Gasteiger partial charge on any atom is -0.384 e. The van der Waals surface area contributed by atoms with E-state index >= 15 is 0 Å². The highest BCUT2D eigenvalue weighted by Gasteiger charge is 2.14. The van der Waals surface area contributed by atoms with Gasteiger partial charge in [-0.3, -0.25) is 11.3 Å². The van der Waals surface area contributed by atoms with Gasteiger partial charge in [-0.15, -0.1) is 0 Å². The number of rotatable bonds is 6. The van der Waals surface area contributed by atoms with Gasteiger partial charge in [-0.2, -0.15) is 0 Å². The van der Waals surface area contributed by atoms with Crippen LogP contribution in [0, 0.1) is 11.8 Å². The molecule has 0 aliphatic heterocycles. The minimum atomic E-state index is 0.398. The lowest BCUT2D eigenvalue weighted by Crippen LogP contribution is -2.40. The van der Waals surface area contributed by atoms with Crippen LogP contribution in [0.4, 0.5) is 0 Å². The van der Waals surface area contributed by atoms with Crippen LogP contribution in [0.15, 0.2) is 0 Å². The Hall–Kier alpha value is -0.120. The molecule has 0 rings (SSSR count). The number of hydrazine groups is 1. The minimum absolute atomic E-state index is 0.398. The Labute approximate surface area is 75.6 Å². The second kappa shape index (κ2) is 6.40. The zero-order chi connectivity index (χ0) is 9.56. The summed E-state index contributed by atoms with van der Waals surface area (Å²) in [6.45, 7) is 7.33. The number of methoxy groups -OCH3 is 1. The molecule has 0 fully saturated rings. The van der Waals surface area contributed by atoms with E-state index in [1.54, 1.807) is 7.11 Å². The van der Waals surface area contributed by atoms with Crippen LogP contribution in [0.2, 0.25) is 0 Å². The van der Waals surface area contributed by atoms with Crippen molar-refractivity contribution in [3.63, 3.8) is 0 Å². The summed E-state index contributed by atoms with van der Waals surface area (Å²) in [5.74, 6) is 6.57. The third kappa shape index (κ3) is 4.70. The highest BCUT2D eigenvalue weighted by atomic mass is 16.5. The average Bonchev–Trinajstić information content (AvgIpc) is 2.00. The van der Waals surface area contributed by atoms with Crippen LogP contribution in [0.25, 0.3) is 0 Å². The van der Waals surface area contributed by atoms with Crippen LogP contribution in [-0.2, 0) is 4.74 Å². The predicted octanol–water partition coefficient (Wildman–Crippen LogP) is 1.15. The lowest BCUT2D eigenvalue weighted by atomic mass is 9.95. The number of nitrogens with one attached hydrogen (secondary N) is 1. The van der Waals surface area contributed by atoms with E-state index in [1.165, 1.54) is 0 Å². The van der Waals surface area contributed by atoms with Crippen molar-refractivity contribution in [1.29, 1.82) is 0 Å². The van der Waals surface area contributed by atoms with Gasteiger partial charge in [-0.1, -0.05) is 20.8 Å². The van der Waals surface area contributed by atoms with Crippen molar-refractivity contribution in [2.45, 2.75) is 33.2 Å². The lowest BCUT2D eigenvalue weighted by Gasteiger charge is -2.22. The number of hydrogen-bond donors (Lipinski definition) is 2. The largest absolute Gasteiger partial charge is 0.384 e. The number of ether oxygens (including phenoxy) is 1. The van der Waals surface area contributed by atoms with Gasteiger partial charge in [0.2, 0.25) is 0 Å². The fraction of sp³-hybridized carbons (Fsp3) is 1.00. The molecule has 0 bridgehead atoms. The fourth-order valence-electron chi connectivity index (χ4n) is 1.32. The molecule has 0 aliphatic carbocycles. The molecule has 2 atom stereocenters. The zero-order valence-electron chi connectivity index (χ0n) is 8.63. The Bertz CT molecular complexity index is 107. The van der Waals surface area contributed by atoms with Crippen molar-refractivity contribution in [3.05, 3.63) is 0 Å². The SMILES string of the molecule is COCC(C)CC(NN)C(C)C. The first-order valence-corrected chi connectivity index (χ1v) is 4.56. The monoisotopic (exact) mass is 174 g/mol. The first kappa shape index (κ1) is 11.9. The van der Waals surface area contributed by atoms with Gasteiger partial charge < -0.3 is 4.74 Å². The van der Waals surface area contributed by atoms with Crippen LogP contribution >= 0.6 is 0 Å². The van der Waals surface area contributed by atoms with Gasteiger partial charge in [-0.05, 0) is 18.3 Å². The molecule has 12 heavy (non-hydrogen) atoms. The number of nitrogens with two attached hydrogens (primary N) is 1. The van der Waals surface area contributed by atoms with Crippen molar-refractivity contribution in [3.8, 4) is 0 Å². The van der Waals surface area contributed by atoms with Gasteiger partial charge in [-0.25, -0.2) is 0 Å². The summed E-state index contributed by atoms with van der Waals surface area (Å²) in [4.78, 5) is 0. The second-order valence-electron chi connectivity index (χ2n) is 3.81. The second-order valence-corrected chi connectivity index (χ2v) is 3.81. The molecule has 3 N–H and O–H groups in total. The molecule has 0 aromatic rings. The standard InChI is InChI=1S/C9H22N2O/c1-7(2)9(11-10)5-8(3)6-12-4/h7-9,11H,5-6,10H2,1-4H3. The molecule has 3 heteroatoms. The van der Waals surface area contributed by atoms with Crippen LogP contribution in [-0.4, -0.2) is 19.8 Å². The molecule has 0 aromatic heterocycles. The molecular weight excluding hydrogens is 152 g/mol. The first-order valence-electron chi connectivity index (χ1n) is 4.56. The van der Waals surface area contributed by atoms with Gasteiger partial charge in [0, 0.05) is 19.8 Å². The summed E-state index contributed by atoms with van der Waals surface area (Å²) >= 11 is 0. The van der Waals surface area contributed by atoms with Crippen molar-refractivity contribution in [2.24, 2.45) is 17.7 Å².